The lowest BCUT2D eigenvalue weighted by Gasteiger charge is -2.47. The Morgan fingerprint density at radius 2 is 1.68 bits per heavy atom. The van der Waals surface area contributed by atoms with Crippen LogP contribution in [0.1, 0.15) is 28.4 Å². The average Bonchev–Trinajstić information content (AvgIpc) is 3.62. The first-order valence-electron chi connectivity index (χ1n) is 13.4. The summed E-state index contributed by atoms with van der Waals surface area (Å²) in [5, 5.41) is 1.03. The van der Waals surface area contributed by atoms with Crippen LogP contribution in [0.25, 0.3) is 10.9 Å². The van der Waals surface area contributed by atoms with E-state index < -0.39 is 12.1 Å². The van der Waals surface area contributed by atoms with Crippen LogP contribution in [0.4, 0.5) is 0 Å². The topological polar surface area (TPSA) is 103 Å². The van der Waals surface area contributed by atoms with Gasteiger partial charge in [-0.1, -0.05) is 24.3 Å². The van der Waals surface area contributed by atoms with Gasteiger partial charge in [0, 0.05) is 29.6 Å². The number of aromatic nitrogens is 1. The molecule has 0 radical (unpaired) electrons. The van der Waals surface area contributed by atoms with E-state index in [0.717, 1.165) is 33.3 Å². The number of nitrogens with one attached hydrogen (secondary N) is 1. The number of carbonyl (C=O) groups is 2. The number of hydrogen-bond donors (Lipinski definition) is 1. The summed E-state index contributed by atoms with van der Waals surface area (Å²) < 4.78 is 27.8. The summed E-state index contributed by atoms with van der Waals surface area (Å²) >= 11 is 0. The predicted molar refractivity (Wildman–Crippen MR) is 149 cm³/mol. The van der Waals surface area contributed by atoms with Crippen LogP contribution in [-0.2, 0) is 22.6 Å². The van der Waals surface area contributed by atoms with Crippen molar-refractivity contribution in [3.8, 4) is 28.7 Å². The van der Waals surface area contributed by atoms with Crippen LogP contribution in [0.15, 0.2) is 54.6 Å². The average molecular weight is 556 g/mol. The number of benzene rings is 3. The number of rotatable bonds is 6. The van der Waals surface area contributed by atoms with Crippen LogP contribution in [0.3, 0.4) is 0 Å². The fourth-order valence-electron chi connectivity index (χ4n) is 6.32. The number of methoxy groups -OCH3 is 3. The molecule has 3 aromatic carbocycles. The maximum absolute atomic E-state index is 14.1. The molecule has 4 aromatic rings. The normalized spacial score (nSPS) is 19.3. The maximum atomic E-state index is 14.1. The molecule has 41 heavy (non-hydrogen) atoms. The van der Waals surface area contributed by atoms with Crippen LogP contribution < -0.4 is 23.7 Å². The van der Waals surface area contributed by atoms with Crippen molar-refractivity contribution in [2.45, 2.75) is 25.0 Å². The summed E-state index contributed by atoms with van der Waals surface area (Å²) in [4.78, 5) is 35.0. The van der Waals surface area contributed by atoms with Crippen molar-refractivity contribution in [2.75, 3.05) is 34.7 Å². The number of para-hydroxylation sites is 1. The van der Waals surface area contributed by atoms with Crippen molar-refractivity contribution in [1.82, 2.24) is 14.8 Å². The summed E-state index contributed by atoms with van der Waals surface area (Å²) in [6.07, 6.45) is 0.405. The van der Waals surface area contributed by atoms with Crippen molar-refractivity contribution in [3.63, 3.8) is 0 Å². The third-order valence-corrected chi connectivity index (χ3v) is 8.16. The van der Waals surface area contributed by atoms with Gasteiger partial charge >= 0.3 is 0 Å². The predicted octanol–water partition coefficient (Wildman–Crippen LogP) is 3.81. The zero-order valence-electron chi connectivity index (χ0n) is 22.9. The molecule has 0 unspecified atom stereocenters. The highest BCUT2D eigenvalue weighted by molar-refractivity contribution is 5.97. The zero-order valence-corrected chi connectivity index (χ0v) is 22.9. The van der Waals surface area contributed by atoms with Gasteiger partial charge in [0.05, 0.1) is 27.4 Å². The summed E-state index contributed by atoms with van der Waals surface area (Å²) in [5.74, 6) is 2.48. The molecule has 2 amide bonds. The van der Waals surface area contributed by atoms with Crippen molar-refractivity contribution in [2.24, 2.45) is 0 Å². The van der Waals surface area contributed by atoms with E-state index in [2.05, 4.69) is 4.98 Å². The Kier molecular flexibility index (Phi) is 5.92. The SMILES string of the molecule is COc1cc([C@@H]2c3[nH]c4ccccc4c3C[C@H]3C(=O)N(Cc4ccc5c(c4)OCO5)CC(=O)N23)cc(OC)c1OC. The Morgan fingerprint density at radius 3 is 2.44 bits per heavy atom. The second-order valence-corrected chi connectivity index (χ2v) is 10.3. The Morgan fingerprint density at radius 1 is 0.927 bits per heavy atom. The molecule has 0 bridgehead atoms. The van der Waals surface area contributed by atoms with Crippen molar-refractivity contribution in [1.29, 1.82) is 0 Å². The first-order valence-corrected chi connectivity index (χ1v) is 13.4. The second kappa shape index (κ2) is 9.65. The number of aromatic amines is 1. The molecular weight excluding hydrogens is 526 g/mol. The zero-order chi connectivity index (χ0) is 28.2. The Balaban J connectivity index is 1.33. The number of nitrogens with zero attached hydrogens (tertiary/aromatic N) is 2. The van der Waals surface area contributed by atoms with Crippen molar-refractivity contribution in [3.05, 3.63) is 77.0 Å². The third kappa shape index (κ3) is 3.93. The Labute approximate surface area is 236 Å². The molecule has 3 aliphatic rings. The standard InChI is InChI=1S/C31H29N3O7/c1-37-25-11-18(12-26(38-2)30(25)39-3)29-28-20(19-6-4-5-7-21(19)32-28)13-22-31(36)33(15-27(35)34(22)29)14-17-8-9-23-24(10-17)41-16-40-23/h4-12,22,29,32H,13-16H2,1-3H3/t22-,29+/m0/s1. The first kappa shape index (κ1) is 25.1. The molecule has 1 aromatic heterocycles. The van der Waals surface area contributed by atoms with E-state index in [-0.39, 0.29) is 25.2 Å². The van der Waals surface area contributed by atoms with E-state index in [1.165, 1.54) is 0 Å². The quantitative estimate of drug-likeness (QED) is 0.386. The number of piperazine rings is 1. The van der Waals surface area contributed by atoms with E-state index in [1.54, 1.807) is 31.1 Å². The lowest BCUT2D eigenvalue weighted by atomic mass is 9.86. The van der Waals surface area contributed by atoms with Gasteiger partial charge in [-0.15, -0.1) is 0 Å². The summed E-state index contributed by atoms with van der Waals surface area (Å²) in [6, 6.07) is 16.1. The largest absolute Gasteiger partial charge is 0.493 e. The number of hydrogen-bond acceptors (Lipinski definition) is 7. The molecule has 2 atom stereocenters. The fourth-order valence-corrected chi connectivity index (χ4v) is 6.32. The number of H-pyrrole nitrogens is 1. The lowest BCUT2D eigenvalue weighted by molar-refractivity contribution is -0.159. The maximum Gasteiger partial charge on any atom is 0.246 e. The molecule has 10 nitrogen and oxygen atoms in total. The van der Waals surface area contributed by atoms with E-state index >= 15 is 0 Å². The molecule has 10 heteroatoms. The molecule has 210 valence electrons. The molecule has 7 rings (SSSR count). The molecule has 4 heterocycles. The van der Waals surface area contributed by atoms with Crippen molar-refractivity contribution < 1.29 is 33.3 Å². The molecule has 0 spiro atoms. The van der Waals surface area contributed by atoms with Crippen LogP contribution in [0.2, 0.25) is 0 Å². The van der Waals surface area contributed by atoms with E-state index in [0.29, 0.717) is 41.7 Å². The minimum atomic E-state index is -0.680. The summed E-state index contributed by atoms with van der Waals surface area (Å²) in [7, 11) is 4.67. The van der Waals surface area contributed by atoms with E-state index in [9.17, 15) is 9.59 Å². The van der Waals surface area contributed by atoms with Gasteiger partial charge < -0.3 is 38.5 Å². The number of fused-ring (bicyclic) bond motifs is 5. The van der Waals surface area contributed by atoms with Crippen LogP contribution in [0, 0.1) is 0 Å². The molecule has 0 aliphatic carbocycles. The van der Waals surface area contributed by atoms with Gasteiger partial charge in [-0.05, 0) is 47.0 Å². The molecule has 1 fully saturated rings. The van der Waals surface area contributed by atoms with Gasteiger partial charge in [0.1, 0.15) is 12.6 Å². The Bertz CT molecular complexity index is 1670. The third-order valence-electron chi connectivity index (χ3n) is 8.16. The molecule has 1 N–H and O–H groups in total. The molecule has 3 aliphatic heterocycles. The number of carbonyl (C=O) groups excluding carboxylic acids is 2. The Hall–Kier alpha value is -4.86. The fraction of sp³-hybridized carbons (Fsp3) is 0.290. The van der Waals surface area contributed by atoms with E-state index in [1.807, 2.05) is 54.6 Å². The smallest absolute Gasteiger partial charge is 0.246 e. The second-order valence-electron chi connectivity index (χ2n) is 10.3. The first-order chi connectivity index (χ1) is 20.0. The highest BCUT2D eigenvalue weighted by Gasteiger charge is 2.48. The van der Waals surface area contributed by atoms with Gasteiger partial charge in [0.15, 0.2) is 23.0 Å². The van der Waals surface area contributed by atoms with Gasteiger partial charge in [-0.3, -0.25) is 9.59 Å². The van der Waals surface area contributed by atoms with Crippen LogP contribution >= 0.6 is 0 Å². The minimum Gasteiger partial charge on any atom is -0.493 e. The van der Waals surface area contributed by atoms with Gasteiger partial charge in [-0.25, -0.2) is 0 Å². The summed E-state index contributed by atoms with van der Waals surface area (Å²) in [6.45, 7) is 0.424. The molecule has 0 saturated carbocycles. The van der Waals surface area contributed by atoms with Crippen LogP contribution in [0.5, 0.6) is 28.7 Å². The van der Waals surface area contributed by atoms with E-state index in [4.69, 9.17) is 23.7 Å². The van der Waals surface area contributed by atoms with Crippen LogP contribution in [-0.4, -0.2) is 67.3 Å². The molecular formula is C31H29N3O7. The van der Waals surface area contributed by atoms with Gasteiger partial charge in [0.25, 0.3) is 0 Å². The monoisotopic (exact) mass is 555 g/mol. The highest BCUT2D eigenvalue weighted by atomic mass is 16.7. The van der Waals surface area contributed by atoms with Gasteiger partial charge in [0.2, 0.25) is 24.4 Å². The van der Waals surface area contributed by atoms with Crippen molar-refractivity contribution >= 4 is 22.7 Å². The number of ether oxygens (including phenoxy) is 5. The summed E-state index contributed by atoms with van der Waals surface area (Å²) in [5.41, 5.74) is 4.47. The lowest BCUT2D eigenvalue weighted by Crippen LogP contribution is -2.62. The molecule has 1 saturated heterocycles. The minimum absolute atomic E-state index is 0.0414. The number of amides is 2. The van der Waals surface area contributed by atoms with Gasteiger partial charge in [-0.2, -0.15) is 0 Å². The highest BCUT2D eigenvalue weighted by Crippen LogP contribution is 2.47.